The first-order chi connectivity index (χ1) is 6.80. The Hall–Kier alpha value is -1.53. The molecule has 1 heterocycles. The van der Waals surface area contributed by atoms with Gasteiger partial charge in [0.2, 0.25) is 0 Å². The molecule has 1 rings (SSSR count). The zero-order valence-corrected chi connectivity index (χ0v) is 8.04. The molecule has 0 saturated heterocycles. The van der Waals surface area contributed by atoms with Crippen molar-refractivity contribution in [3.63, 3.8) is 0 Å². The lowest BCUT2D eigenvalue weighted by Gasteiger charge is -2.10. The number of hydrogen-bond donors (Lipinski definition) is 2. The van der Waals surface area contributed by atoms with Crippen molar-refractivity contribution >= 4 is 5.84 Å². The molecule has 0 radical (unpaired) electrons. The highest BCUT2D eigenvalue weighted by Crippen LogP contribution is 2.29. The topological polar surface area (TPSA) is 67.7 Å². The molecule has 4 nitrogen and oxygen atoms in total. The van der Waals surface area contributed by atoms with Crippen LogP contribution < -0.4 is 5.73 Å². The van der Waals surface area contributed by atoms with Crippen LogP contribution in [0.25, 0.3) is 0 Å². The third kappa shape index (κ3) is 2.97. The van der Waals surface area contributed by atoms with Gasteiger partial charge in [0.25, 0.3) is 0 Å². The highest BCUT2D eigenvalue weighted by molar-refractivity contribution is 5.77. The number of nitrogens with one attached hydrogen (secondary N) is 1. The highest BCUT2D eigenvalue weighted by atomic mass is 19.4. The summed E-state index contributed by atoms with van der Waals surface area (Å²) in [4.78, 5) is 0. The van der Waals surface area contributed by atoms with E-state index in [0.717, 1.165) is 17.1 Å². The Labute approximate surface area is 84.4 Å². The molecule has 0 bridgehead atoms. The zero-order chi connectivity index (χ0) is 11.6. The third-order valence-electron chi connectivity index (χ3n) is 1.90. The predicted octanol–water partition coefficient (Wildman–Crippen LogP) is 1.79. The van der Waals surface area contributed by atoms with Crippen molar-refractivity contribution in [1.82, 2.24) is 9.78 Å². The van der Waals surface area contributed by atoms with Gasteiger partial charge in [-0.05, 0) is 6.92 Å². The van der Waals surface area contributed by atoms with Crippen molar-refractivity contribution in [2.75, 3.05) is 0 Å². The van der Waals surface area contributed by atoms with Crippen LogP contribution in [0.4, 0.5) is 13.2 Å². The van der Waals surface area contributed by atoms with Crippen molar-refractivity contribution < 1.29 is 13.2 Å². The van der Waals surface area contributed by atoms with E-state index in [2.05, 4.69) is 5.10 Å². The Morgan fingerprint density at radius 3 is 2.67 bits per heavy atom. The first-order valence-corrected chi connectivity index (χ1v) is 4.25. The standard InChI is InChI=1S/C8H11F3N4/c1-5(2-7(12)13)15-4-6(3-14-15)8(9,10)11/h3-5H,2H2,1H3,(H3,12,13). The van der Waals surface area contributed by atoms with E-state index >= 15 is 0 Å². The lowest BCUT2D eigenvalue weighted by atomic mass is 10.2. The third-order valence-corrected chi connectivity index (χ3v) is 1.90. The minimum absolute atomic E-state index is 0.0773. The normalized spacial score (nSPS) is 13.9. The maximum Gasteiger partial charge on any atom is 0.419 e. The molecule has 0 amide bonds. The summed E-state index contributed by atoms with van der Waals surface area (Å²) < 4.78 is 37.8. The summed E-state index contributed by atoms with van der Waals surface area (Å²) in [5.41, 5.74) is 4.35. The lowest BCUT2D eigenvalue weighted by molar-refractivity contribution is -0.137. The Morgan fingerprint density at radius 1 is 1.67 bits per heavy atom. The Balaban J connectivity index is 2.80. The molecule has 84 valence electrons. The number of hydrogen-bond acceptors (Lipinski definition) is 2. The summed E-state index contributed by atoms with van der Waals surface area (Å²) in [6.07, 6.45) is -2.53. The van der Waals surface area contributed by atoms with Crippen molar-refractivity contribution in [2.24, 2.45) is 5.73 Å². The maximum absolute atomic E-state index is 12.2. The van der Waals surface area contributed by atoms with Crippen LogP contribution in [0.2, 0.25) is 0 Å². The van der Waals surface area contributed by atoms with Crippen molar-refractivity contribution in [3.8, 4) is 0 Å². The summed E-state index contributed by atoms with van der Waals surface area (Å²) in [6, 6.07) is -0.349. The average Bonchev–Trinajstić information content (AvgIpc) is 2.48. The van der Waals surface area contributed by atoms with Crippen molar-refractivity contribution in [1.29, 1.82) is 5.41 Å². The van der Waals surface area contributed by atoms with Crippen LogP contribution in [0.1, 0.15) is 24.9 Å². The van der Waals surface area contributed by atoms with Gasteiger partial charge in [0, 0.05) is 12.6 Å². The minimum atomic E-state index is -4.38. The fourth-order valence-corrected chi connectivity index (χ4v) is 1.14. The minimum Gasteiger partial charge on any atom is -0.388 e. The van der Waals surface area contributed by atoms with Crippen LogP contribution in [0.5, 0.6) is 0 Å². The quantitative estimate of drug-likeness (QED) is 0.602. The summed E-state index contributed by atoms with van der Waals surface area (Å²) in [6.45, 7) is 1.65. The molecule has 7 heteroatoms. The molecule has 1 aromatic heterocycles. The number of rotatable bonds is 3. The highest BCUT2D eigenvalue weighted by Gasteiger charge is 2.32. The van der Waals surface area contributed by atoms with Crippen LogP contribution in [-0.2, 0) is 6.18 Å². The Kier molecular flexibility index (Phi) is 3.01. The molecular weight excluding hydrogens is 209 g/mol. The van der Waals surface area contributed by atoms with Crippen LogP contribution in [0.3, 0.4) is 0 Å². The second-order valence-electron chi connectivity index (χ2n) is 3.29. The SMILES string of the molecule is CC(CC(=N)N)n1cc(C(F)(F)F)cn1. The number of amidine groups is 1. The molecule has 0 saturated carbocycles. The second kappa shape index (κ2) is 3.92. The van der Waals surface area contributed by atoms with Gasteiger partial charge in [-0.25, -0.2) is 0 Å². The number of nitrogens with two attached hydrogens (primary N) is 1. The number of halogens is 3. The molecular formula is C8H11F3N4. The van der Waals surface area contributed by atoms with Gasteiger partial charge >= 0.3 is 6.18 Å². The van der Waals surface area contributed by atoms with E-state index in [1.54, 1.807) is 6.92 Å². The summed E-state index contributed by atoms with van der Waals surface area (Å²) in [5.74, 6) is -0.0773. The van der Waals surface area contributed by atoms with E-state index in [9.17, 15) is 13.2 Å². The maximum atomic E-state index is 12.2. The van der Waals surface area contributed by atoms with Crippen LogP contribution in [0.15, 0.2) is 12.4 Å². The van der Waals surface area contributed by atoms with E-state index in [4.69, 9.17) is 11.1 Å². The van der Waals surface area contributed by atoms with Crippen molar-refractivity contribution in [2.45, 2.75) is 25.6 Å². The smallest absolute Gasteiger partial charge is 0.388 e. The average molecular weight is 220 g/mol. The molecule has 0 spiro atoms. The van der Waals surface area contributed by atoms with E-state index in [-0.39, 0.29) is 18.3 Å². The van der Waals surface area contributed by atoms with Gasteiger partial charge < -0.3 is 5.73 Å². The molecule has 0 fully saturated rings. The van der Waals surface area contributed by atoms with Gasteiger partial charge in [0.15, 0.2) is 0 Å². The largest absolute Gasteiger partial charge is 0.419 e. The summed E-state index contributed by atoms with van der Waals surface area (Å²) in [7, 11) is 0. The fourth-order valence-electron chi connectivity index (χ4n) is 1.14. The lowest BCUT2D eigenvalue weighted by Crippen LogP contribution is -2.17. The Morgan fingerprint density at radius 2 is 2.27 bits per heavy atom. The van der Waals surface area contributed by atoms with Gasteiger partial charge in [-0.2, -0.15) is 18.3 Å². The molecule has 0 aromatic carbocycles. The first kappa shape index (κ1) is 11.5. The van der Waals surface area contributed by atoms with Gasteiger partial charge in [0.05, 0.1) is 23.6 Å². The predicted molar refractivity (Wildman–Crippen MR) is 48.5 cm³/mol. The molecule has 15 heavy (non-hydrogen) atoms. The van der Waals surface area contributed by atoms with E-state index < -0.39 is 11.7 Å². The number of alkyl halides is 3. The summed E-state index contributed by atoms with van der Waals surface area (Å²) in [5, 5.41) is 10.6. The van der Waals surface area contributed by atoms with Crippen LogP contribution >= 0.6 is 0 Å². The molecule has 0 aliphatic heterocycles. The van der Waals surface area contributed by atoms with Crippen molar-refractivity contribution in [3.05, 3.63) is 18.0 Å². The fraction of sp³-hybridized carbons (Fsp3) is 0.500. The molecule has 1 aromatic rings. The van der Waals surface area contributed by atoms with Gasteiger partial charge in [0.1, 0.15) is 0 Å². The van der Waals surface area contributed by atoms with E-state index in [0.29, 0.717) is 0 Å². The molecule has 1 unspecified atom stereocenters. The second-order valence-corrected chi connectivity index (χ2v) is 3.29. The molecule has 1 atom stereocenters. The van der Waals surface area contributed by atoms with E-state index in [1.807, 2.05) is 0 Å². The van der Waals surface area contributed by atoms with Crippen LogP contribution in [0, 0.1) is 5.41 Å². The van der Waals surface area contributed by atoms with E-state index in [1.165, 1.54) is 0 Å². The Bertz CT molecular complexity index is 355. The molecule has 0 aliphatic rings. The van der Waals surface area contributed by atoms with Gasteiger partial charge in [-0.1, -0.05) is 0 Å². The first-order valence-electron chi connectivity index (χ1n) is 4.25. The van der Waals surface area contributed by atoms with Gasteiger partial charge in [-0.3, -0.25) is 10.1 Å². The number of nitrogens with zero attached hydrogens (tertiary/aromatic N) is 2. The van der Waals surface area contributed by atoms with Crippen LogP contribution in [-0.4, -0.2) is 15.6 Å². The summed E-state index contributed by atoms with van der Waals surface area (Å²) >= 11 is 0. The number of aromatic nitrogens is 2. The zero-order valence-electron chi connectivity index (χ0n) is 8.04. The monoisotopic (exact) mass is 220 g/mol. The molecule has 0 aliphatic carbocycles. The molecule has 3 N–H and O–H groups in total. The van der Waals surface area contributed by atoms with Gasteiger partial charge in [-0.15, -0.1) is 0 Å².